The average Bonchev–Trinajstić information content (AvgIpc) is 2.64. The Balaban J connectivity index is 2.45. The zero-order valence-electron chi connectivity index (χ0n) is 9.03. The van der Waals surface area contributed by atoms with Crippen LogP contribution in [0.3, 0.4) is 0 Å². The van der Waals surface area contributed by atoms with Crippen molar-refractivity contribution in [1.82, 2.24) is 9.97 Å². The van der Waals surface area contributed by atoms with Gasteiger partial charge in [-0.2, -0.15) is 0 Å². The second kappa shape index (κ2) is 4.63. The number of ether oxygens (including phenoxy) is 1. The second-order valence-electron chi connectivity index (χ2n) is 3.37. The fourth-order valence-electron chi connectivity index (χ4n) is 1.39. The van der Waals surface area contributed by atoms with Gasteiger partial charge in [0.2, 0.25) is 0 Å². The van der Waals surface area contributed by atoms with E-state index < -0.39 is 0 Å². The van der Waals surface area contributed by atoms with Gasteiger partial charge in [-0.15, -0.1) is 0 Å². The molecule has 0 spiro atoms. The number of rotatable bonds is 3. The van der Waals surface area contributed by atoms with Gasteiger partial charge in [-0.1, -0.05) is 11.6 Å². The topological polar surface area (TPSA) is 48.2 Å². The molecule has 5 heteroatoms. The van der Waals surface area contributed by atoms with Crippen molar-refractivity contribution in [3.05, 3.63) is 34.8 Å². The van der Waals surface area contributed by atoms with Crippen molar-refractivity contribution in [3.63, 3.8) is 0 Å². The standard InChI is InChI=1S/C11H11ClN2O2/c1-7-3-4-16-10(7)11-13-8(6-15-2)5-9(12)14-11/h3-5H,6H2,1-2H3. The number of hydrogen-bond donors (Lipinski definition) is 0. The Hall–Kier alpha value is -1.39. The summed E-state index contributed by atoms with van der Waals surface area (Å²) in [4.78, 5) is 8.44. The number of halogens is 1. The maximum Gasteiger partial charge on any atom is 0.197 e. The molecule has 2 aromatic heterocycles. The van der Waals surface area contributed by atoms with Crippen molar-refractivity contribution in [2.45, 2.75) is 13.5 Å². The summed E-state index contributed by atoms with van der Waals surface area (Å²) < 4.78 is 10.3. The number of methoxy groups -OCH3 is 1. The Morgan fingerprint density at radius 2 is 2.25 bits per heavy atom. The highest BCUT2D eigenvalue weighted by molar-refractivity contribution is 6.29. The Bertz CT molecular complexity index is 496. The molecular weight excluding hydrogens is 228 g/mol. The van der Waals surface area contributed by atoms with Crippen LogP contribution >= 0.6 is 11.6 Å². The molecule has 2 aromatic rings. The monoisotopic (exact) mass is 238 g/mol. The van der Waals surface area contributed by atoms with E-state index in [9.17, 15) is 0 Å². The zero-order valence-corrected chi connectivity index (χ0v) is 9.78. The van der Waals surface area contributed by atoms with E-state index >= 15 is 0 Å². The third kappa shape index (κ3) is 2.23. The lowest BCUT2D eigenvalue weighted by Crippen LogP contribution is -1.97. The lowest BCUT2D eigenvalue weighted by molar-refractivity contribution is 0.181. The van der Waals surface area contributed by atoms with Crippen molar-refractivity contribution in [1.29, 1.82) is 0 Å². The lowest BCUT2D eigenvalue weighted by atomic mass is 10.2. The van der Waals surface area contributed by atoms with E-state index in [-0.39, 0.29) is 0 Å². The van der Waals surface area contributed by atoms with Crippen LogP contribution in [0.5, 0.6) is 0 Å². The lowest BCUT2D eigenvalue weighted by Gasteiger charge is -2.03. The van der Waals surface area contributed by atoms with Crippen LogP contribution in [0.25, 0.3) is 11.6 Å². The Labute approximate surface area is 98.2 Å². The fourth-order valence-corrected chi connectivity index (χ4v) is 1.60. The van der Waals surface area contributed by atoms with Crippen molar-refractivity contribution >= 4 is 11.6 Å². The molecule has 16 heavy (non-hydrogen) atoms. The van der Waals surface area contributed by atoms with Gasteiger partial charge in [0.1, 0.15) is 5.15 Å². The molecule has 84 valence electrons. The van der Waals surface area contributed by atoms with Gasteiger partial charge >= 0.3 is 0 Å². The predicted octanol–water partition coefficient (Wildman–Crippen LogP) is 2.84. The molecule has 0 N–H and O–H groups in total. The largest absolute Gasteiger partial charge is 0.461 e. The Kier molecular flexibility index (Phi) is 3.22. The summed E-state index contributed by atoms with van der Waals surface area (Å²) in [6.45, 7) is 2.33. The minimum absolute atomic E-state index is 0.382. The summed E-state index contributed by atoms with van der Waals surface area (Å²) in [5.41, 5.74) is 1.71. The first kappa shape index (κ1) is 11.1. The molecule has 0 saturated heterocycles. The fraction of sp³-hybridized carbons (Fsp3) is 0.273. The molecule has 0 saturated carbocycles. The minimum Gasteiger partial charge on any atom is -0.461 e. The van der Waals surface area contributed by atoms with Crippen LogP contribution in [0.4, 0.5) is 0 Å². The average molecular weight is 239 g/mol. The summed E-state index contributed by atoms with van der Waals surface area (Å²) >= 11 is 5.91. The smallest absolute Gasteiger partial charge is 0.197 e. The highest BCUT2D eigenvalue weighted by Crippen LogP contribution is 2.22. The molecule has 0 amide bonds. The summed E-state index contributed by atoms with van der Waals surface area (Å²) in [6, 6.07) is 3.53. The van der Waals surface area contributed by atoms with Crippen LogP contribution in [0.15, 0.2) is 22.8 Å². The highest BCUT2D eigenvalue weighted by Gasteiger charge is 2.11. The van der Waals surface area contributed by atoms with Gasteiger partial charge in [0.05, 0.1) is 18.6 Å². The van der Waals surface area contributed by atoms with Gasteiger partial charge in [0.15, 0.2) is 11.6 Å². The SMILES string of the molecule is COCc1cc(Cl)nc(-c2occc2C)n1. The van der Waals surface area contributed by atoms with E-state index in [4.69, 9.17) is 20.8 Å². The van der Waals surface area contributed by atoms with Crippen LogP contribution in [0.2, 0.25) is 5.15 Å². The van der Waals surface area contributed by atoms with Crippen molar-refractivity contribution in [2.75, 3.05) is 7.11 Å². The van der Waals surface area contributed by atoms with Gasteiger partial charge in [0, 0.05) is 7.11 Å². The molecule has 0 aliphatic heterocycles. The summed E-state index contributed by atoms with van der Waals surface area (Å²) in [5, 5.41) is 0.382. The third-order valence-corrected chi connectivity index (χ3v) is 2.30. The first-order valence-corrected chi connectivity index (χ1v) is 5.15. The normalized spacial score (nSPS) is 10.7. The molecule has 0 atom stereocenters. The molecule has 2 heterocycles. The number of aryl methyl sites for hydroxylation is 1. The van der Waals surface area contributed by atoms with E-state index in [0.717, 1.165) is 11.3 Å². The van der Waals surface area contributed by atoms with Gasteiger partial charge in [-0.25, -0.2) is 9.97 Å². The van der Waals surface area contributed by atoms with E-state index in [1.54, 1.807) is 19.4 Å². The Morgan fingerprint density at radius 3 is 2.88 bits per heavy atom. The van der Waals surface area contributed by atoms with Crippen molar-refractivity contribution < 1.29 is 9.15 Å². The second-order valence-corrected chi connectivity index (χ2v) is 3.76. The highest BCUT2D eigenvalue weighted by atomic mass is 35.5. The summed E-state index contributed by atoms with van der Waals surface area (Å²) in [6.07, 6.45) is 1.60. The van der Waals surface area contributed by atoms with E-state index in [1.165, 1.54) is 0 Å². The number of furan rings is 1. The molecule has 2 rings (SSSR count). The van der Waals surface area contributed by atoms with Gasteiger partial charge in [-0.3, -0.25) is 0 Å². The third-order valence-electron chi connectivity index (χ3n) is 2.11. The van der Waals surface area contributed by atoms with Crippen LogP contribution in [-0.2, 0) is 11.3 Å². The van der Waals surface area contributed by atoms with Gasteiger partial charge in [0.25, 0.3) is 0 Å². The van der Waals surface area contributed by atoms with Gasteiger partial charge in [-0.05, 0) is 24.6 Å². The van der Waals surface area contributed by atoms with Crippen LogP contribution in [0, 0.1) is 6.92 Å². The van der Waals surface area contributed by atoms with Crippen molar-refractivity contribution in [2.24, 2.45) is 0 Å². The molecule has 0 aromatic carbocycles. The predicted molar refractivity (Wildman–Crippen MR) is 60.2 cm³/mol. The Morgan fingerprint density at radius 1 is 1.44 bits per heavy atom. The maximum atomic E-state index is 5.91. The maximum absolute atomic E-state index is 5.91. The molecule has 0 aliphatic rings. The molecular formula is C11H11ClN2O2. The van der Waals surface area contributed by atoms with E-state index in [2.05, 4.69) is 9.97 Å². The summed E-state index contributed by atoms with van der Waals surface area (Å²) in [7, 11) is 1.60. The molecule has 0 fully saturated rings. The first-order valence-electron chi connectivity index (χ1n) is 4.77. The van der Waals surface area contributed by atoms with Crippen LogP contribution < -0.4 is 0 Å². The van der Waals surface area contributed by atoms with Crippen LogP contribution in [-0.4, -0.2) is 17.1 Å². The zero-order chi connectivity index (χ0) is 11.5. The van der Waals surface area contributed by atoms with E-state index in [1.807, 2.05) is 13.0 Å². The first-order chi connectivity index (χ1) is 7.70. The molecule has 4 nitrogen and oxygen atoms in total. The minimum atomic E-state index is 0.382. The van der Waals surface area contributed by atoms with Crippen molar-refractivity contribution in [3.8, 4) is 11.6 Å². The van der Waals surface area contributed by atoms with Gasteiger partial charge < -0.3 is 9.15 Å². The van der Waals surface area contributed by atoms with E-state index in [0.29, 0.717) is 23.3 Å². The quantitative estimate of drug-likeness (QED) is 0.772. The van der Waals surface area contributed by atoms with Crippen LogP contribution in [0.1, 0.15) is 11.3 Å². The number of nitrogens with zero attached hydrogens (tertiary/aromatic N) is 2. The molecule has 0 aliphatic carbocycles. The summed E-state index contributed by atoms with van der Waals surface area (Å²) in [5.74, 6) is 1.13. The molecule has 0 bridgehead atoms. The number of hydrogen-bond acceptors (Lipinski definition) is 4. The number of aromatic nitrogens is 2. The molecule has 0 unspecified atom stereocenters. The molecule has 0 radical (unpaired) electrons.